The molecule has 98 valence electrons. The van der Waals surface area contributed by atoms with Gasteiger partial charge < -0.3 is 5.32 Å². The highest BCUT2D eigenvalue weighted by Crippen LogP contribution is 2.39. The molecule has 1 N–H and O–H groups in total. The van der Waals surface area contributed by atoms with Gasteiger partial charge in [0, 0.05) is 11.8 Å². The zero-order valence-corrected chi connectivity index (χ0v) is 11.1. The molecule has 0 unspecified atom stereocenters. The fourth-order valence-electron chi connectivity index (χ4n) is 2.07. The van der Waals surface area contributed by atoms with Crippen molar-refractivity contribution >= 4 is 23.3 Å². The highest BCUT2D eigenvalue weighted by atomic mass is 32.2. The van der Waals surface area contributed by atoms with E-state index in [9.17, 15) is 10.1 Å². The Labute approximate surface area is 110 Å². The number of nitrogens with zero attached hydrogens (tertiary/aromatic N) is 3. The van der Waals surface area contributed by atoms with Crippen LogP contribution >= 0.6 is 11.8 Å². The van der Waals surface area contributed by atoms with Gasteiger partial charge in [0.2, 0.25) is 5.82 Å². The summed E-state index contributed by atoms with van der Waals surface area (Å²) in [7, 11) is 0. The first kappa shape index (κ1) is 13.1. The Morgan fingerprint density at radius 2 is 2.22 bits per heavy atom. The van der Waals surface area contributed by atoms with Crippen molar-refractivity contribution in [3.63, 3.8) is 0 Å². The Morgan fingerprint density at radius 1 is 1.50 bits per heavy atom. The number of hydrogen-bond donors (Lipinski definition) is 1. The van der Waals surface area contributed by atoms with Gasteiger partial charge in [0.25, 0.3) is 0 Å². The van der Waals surface area contributed by atoms with Crippen LogP contribution in [0.5, 0.6) is 0 Å². The summed E-state index contributed by atoms with van der Waals surface area (Å²) >= 11 is 1.51. The molecule has 1 aliphatic rings. The van der Waals surface area contributed by atoms with E-state index in [1.54, 1.807) is 0 Å². The van der Waals surface area contributed by atoms with Crippen LogP contribution in [-0.2, 0) is 0 Å². The van der Waals surface area contributed by atoms with Crippen molar-refractivity contribution in [2.24, 2.45) is 0 Å². The van der Waals surface area contributed by atoms with Crippen molar-refractivity contribution in [2.45, 2.75) is 42.9 Å². The molecule has 1 aromatic heterocycles. The summed E-state index contributed by atoms with van der Waals surface area (Å²) in [5.74, 6) is 0.318. The molecule has 1 saturated carbocycles. The first-order valence-electron chi connectivity index (χ1n) is 6.12. The van der Waals surface area contributed by atoms with E-state index in [1.807, 2.05) is 6.92 Å². The lowest BCUT2D eigenvalue weighted by molar-refractivity contribution is -0.387. The van der Waals surface area contributed by atoms with Gasteiger partial charge in [0.15, 0.2) is 5.03 Å². The van der Waals surface area contributed by atoms with Gasteiger partial charge in [0.05, 0.1) is 4.92 Å². The summed E-state index contributed by atoms with van der Waals surface area (Å²) in [6.07, 6.45) is 6.03. The number of aromatic nitrogens is 2. The topological polar surface area (TPSA) is 81.0 Å². The van der Waals surface area contributed by atoms with E-state index in [-0.39, 0.29) is 5.69 Å². The number of nitro groups is 1. The maximum absolute atomic E-state index is 11.2. The van der Waals surface area contributed by atoms with Crippen molar-refractivity contribution in [3.8, 4) is 0 Å². The van der Waals surface area contributed by atoms with Crippen LogP contribution in [0.2, 0.25) is 0 Å². The first-order chi connectivity index (χ1) is 8.72. The van der Waals surface area contributed by atoms with E-state index in [0.717, 1.165) is 12.8 Å². The third-order valence-electron chi connectivity index (χ3n) is 2.90. The average molecular weight is 268 g/mol. The molecular weight excluding hydrogens is 252 g/mol. The average Bonchev–Trinajstić information content (AvgIpc) is 2.82. The molecule has 0 aliphatic heterocycles. The zero-order chi connectivity index (χ0) is 13.0. The fraction of sp³-hybridized carbons (Fsp3) is 0.636. The molecule has 0 bridgehead atoms. The maximum Gasteiger partial charge on any atom is 0.343 e. The molecule has 1 aliphatic carbocycles. The van der Waals surface area contributed by atoms with Crippen molar-refractivity contribution in [1.82, 2.24) is 9.97 Å². The number of hydrogen-bond acceptors (Lipinski definition) is 6. The van der Waals surface area contributed by atoms with Crippen LogP contribution in [0.3, 0.4) is 0 Å². The monoisotopic (exact) mass is 268 g/mol. The minimum atomic E-state index is -0.394. The summed E-state index contributed by atoms with van der Waals surface area (Å²) in [6.45, 7) is 2.49. The van der Waals surface area contributed by atoms with Crippen LogP contribution in [0.15, 0.2) is 11.4 Å². The molecule has 1 fully saturated rings. The Hall–Kier alpha value is -1.37. The van der Waals surface area contributed by atoms with E-state index in [2.05, 4.69) is 15.3 Å². The second-order valence-electron chi connectivity index (χ2n) is 4.19. The Kier molecular flexibility index (Phi) is 4.35. The van der Waals surface area contributed by atoms with Crippen molar-refractivity contribution in [3.05, 3.63) is 16.4 Å². The smallest absolute Gasteiger partial charge is 0.343 e. The highest BCUT2D eigenvalue weighted by Gasteiger charge is 2.26. The molecule has 2 rings (SSSR count). The van der Waals surface area contributed by atoms with Crippen LogP contribution < -0.4 is 5.32 Å². The van der Waals surface area contributed by atoms with Gasteiger partial charge in [-0.1, -0.05) is 24.6 Å². The van der Waals surface area contributed by atoms with Crippen LogP contribution in [0, 0.1) is 10.1 Å². The van der Waals surface area contributed by atoms with Crippen LogP contribution in [0.4, 0.5) is 11.5 Å². The SMILES string of the molecule is CCNc1ncnc(SC2CCCC2)c1[N+](=O)[O-]. The van der Waals surface area contributed by atoms with E-state index in [4.69, 9.17) is 0 Å². The third-order valence-corrected chi connectivity index (χ3v) is 4.22. The molecule has 1 aromatic rings. The largest absolute Gasteiger partial charge is 0.364 e. The van der Waals surface area contributed by atoms with E-state index in [1.165, 1.54) is 30.9 Å². The van der Waals surface area contributed by atoms with Gasteiger partial charge in [0.1, 0.15) is 6.33 Å². The van der Waals surface area contributed by atoms with E-state index in [0.29, 0.717) is 22.6 Å². The molecular formula is C11H16N4O2S. The van der Waals surface area contributed by atoms with Gasteiger partial charge >= 0.3 is 5.69 Å². The molecule has 0 spiro atoms. The number of anilines is 1. The van der Waals surface area contributed by atoms with Gasteiger partial charge in [-0.15, -0.1) is 0 Å². The number of rotatable bonds is 5. The lowest BCUT2D eigenvalue weighted by Gasteiger charge is -2.10. The molecule has 1 heterocycles. The molecule has 0 amide bonds. The summed E-state index contributed by atoms with van der Waals surface area (Å²) in [5.41, 5.74) is 0.0104. The molecule has 0 atom stereocenters. The lowest BCUT2D eigenvalue weighted by atomic mass is 10.4. The highest BCUT2D eigenvalue weighted by molar-refractivity contribution is 8.00. The van der Waals surface area contributed by atoms with E-state index >= 15 is 0 Å². The Balaban J connectivity index is 2.26. The predicted molar refractivity (Wildman–Crippen MR) is 71.0 cm³/mol. The zero-order valence-electron chi connectivity index (χ0n) is 10.3. The van der Waals surface area contributed by atoms with Crippen LogP contribution in [-0.4, -0.2) is 26.7 Å². The Morgan fingerprint density at radius 3 is 2.83 bits per heavy atom. The molecule has 7 heteroatoms. The Bertz CT molecular complexity index is 435. The first-order valence-corrected chi connectivity index (χ1v) is 7.00. The summed E-state index contributed by atoms with van der Waals surface area (Å²) in [5, 5.41) is 15.0. The second kappa shape index (κ2) is 5.99. The van der Waals surface area contributed by atoms with Gasteiger partial charge in [-0.25, -0.2) is 9.97 Å². The van der Waals surface area contributed by atoms with Crippen molar-refractivity contribution in [1.29, 1.82) is 0 Å². The summed E-state index contributed by atoms with van der Waals surface area (Å²) < 4.78 is 0. The number of thioether (sulfide) groups is 1. The summed E-state index contributed by atoms with van der Waals surface area (Å²) in [4.78, 5) is 18.8. The molecule has 0 saturated heterocycles. The van der Waals surface area contributed by atoms with Crippen LogP contribution in [0.1, 0.15) is 32.6 Å². The molecule has 0 aromatic carbocycles. The summed E-state index contributed by atoms with van der Waals surface area (Å²) in [6, 6.07) is 0. The van der Waals surface area contributed by atoms with Gasteiger partial charge in [-0.2, -0.15) is 0 Å². The third kappa shape index (κ3) is 2.90. The minimum absolute atomic E-state index is 0.0104. The minimum Gasteiger partial charge on any atom is -0.364 e. The standard InChI is InChI=1S/C11H16N4O2S/c1-2-12-10-9(15(16)17)11(14-7-13-10)18-8-5-3-4-6-8/h7-8H,2-6H2,1H3,(H,12,13,14). The van der Waals surface area contributed by atoms with E-state index < -0.39 is 4.92 Å². The lowest BCUT2D eigenvalue weighted by Crippen LogP contribution is -2.07. The van der Waals surface area contributed by atoms with Gasteiger partial charge in [-0.05, 0) is 19.8 Å². The normalized spacial score (nSPS) is 15.8. The quantitative estimate of drug-likeness (QED) is 0.502. The molecule has 0 radical (unpaired) electrons. The van der Waals surface area contributed by atoms with Crippen molar-refractivity contribution in [2.75, 3.05) is 11.9 Å². The van der Waals surface area contributed by atoms with Crippen molar-refractivity contribution < 1.29 is 4.92 Å². The fourth-order valence-corrected chi connectivity index (χ4v) is 3.35. The maximum atomic E-state index is 11.2. The number of nitrogens with one attached hydrogen (secondary N) is 1. The van der Waals surface area contributed by atoms with Gasteiger partial charge in [-0.3, -0.25) is 10.1 Å². The second-order valence-corrected chi connectivity index (χ2v) is 5.48. The van der Waals surface area contributed by atoms with Crippen LogP contribution in [0.25, 0.3) is 0 Å². The molecule has 18 heavy (non-hydrogen) atoms. The molecule has 6 nitrogen and oxygen atoms in total. The predicted octanol–water partition coefficient (Wildman–Crippen LogP) is 2.85.